The van der Waals surface area contributed by atoms with Gasteiger partial charge in [0.1, 0.15) is 0 Å². The zero-order chi connectivity index (χ0) is 13.8. The Kier molecular flexibility index (Phi) is 4.65. The van der Waals surface area contributed by atoms with Gasteiger partial charge in [0.15, 0.2) is 0 Å². The van der Waals surface area contributed by atoms with Crippen LogP contribution >= 0.6 is 11.6 Å². The topological polar surface area (TPSA) is 18.5 Å². The third kappa shape index (κ3) is 3.36. The first-order chi connectivity index (χ1) is 9.77. The van der Waals surface area contributed by atoms with E-state index in [1.807, 2.05) is 6.07 Å². The van der Waals surface area contributed by atoms with Gasteiger partial charge in [-0.25, -0.2) is 0 Å². The number of benzene rings is 1. The molecule has 2 fully saturated rings. The summed E-state index contributed by atoms with van der Waals surface area (Å²) in [6.45, 7) is 2.52. The lowest BCUT2D eigenvalue weighted by molar-refractivity contribution is -0.0989. The Balaban J connectivity index is 1.51. The van der Waals surface area contributed by atoms with Gasteiger partial charge in [-0.2, -0.15) is 0 Å². The summed E-state index contributed by atoms with van der Waals surface area (Å²) in [6.07, 6.45) is 5.61. The third-order valence-electron chi connectivity index (χ3n) is 4.65. The first-order valence-corrected chi connectivity index (χ1v) is 8.12. The average Bonchev–Trinajstić information content (AvgIpc) is 2.93. The number of rotatable bonds is 4. The van der Waals surface area contributed by atoms with Crippen LogP contribution in [0.5, 0.6) is 0 Å². The molecule has 3 heteroatoms. The molecule has 0 radical (unpaired) electrons. The van der Waals surface area contributed by atoms with E-state index in [1.165, 1.54) is 18.4 Å². The van der Waals surface area contributed by atoms with Gasteiger partial charge in [-0.1, -0.05) is 30.3 Å². The molecule has 0 amide bonds. The minimum atomic E-state index is 0.0253. The van der Waals surface area contributed by atoms with Crippen molar-refractivity contribution in [1.82, 2.24) is 0 Å². The van der Waals surface area contributed by atoms with Crippen molar-refractivity contribution in [2.75, 3.05) is 19.8 Å². The Hall–Kier alpha value is -0.570. The predicted octanol–water partition coefficient (Wildman–Crippen LogP) is 4.33. The maximum absolute atomic E-state index is 6.52. The summed E-state index contributed by atoms with van der Waals surface area (Å²) < 4.78 is 11.5. The quantitative estimate of drug-likeness (QED) is 0.770. The smallest absolute Gasteiger partial charge is 0.0939 e. The fourth-order valence-corrected chi connectivity index (χ4v) is 3.72. The molecule has 1 spiro atoms. The van der Waals surface area contributed by atoms with Crippen LogP contribution in [0, 0.1) is 5.92 Å². The Morgan fingerprint density at radius 2 is 2.10 bits per heavy atom. The molecule has 2 aliphatic heterocycles. The Morgan fingerprint density at radius 3 is 2.85 bits per heavy atom. The van der Waals surface area contributed by atoms with Gasteiger partial charge in [0.25, 0.3) is 0 Å². The summed E-state index contributed by atoms with van der Waals surface area (Å²) >= 11 is 6.52. The summed E-state index contributed by atoms with van der Waals surface area (Å²) in [7, 11) is 0. The van der Waals surface area contributed by atoms with Crippen LogP contribution in [0.4, 0.5) is 0 Å². The highest BCUT2D eigenvalue weighted by Crippen LogP contribution is 2.39. The lowest BCUT2D eigenvalue weighted by Crippen LogP contribution is -2.40. The van der Waals surface area contributed by atoms with E-state index in [0.717, 1.165) is 45.0 Å². The highest BCUT2D eigenvalue weighted by atomic mass is 35.5. The molecule has 2 saturated heterocycles. The van der Waals surface area contributed by atoms with E-state index < -0.39 is 0 Å². The first-order valence-electron chi connectivity index (χ1n) is 7.68. The SMILES string of the molecule is ClC(CCC1CCOC2(CCOC2)C1)c1ccccc1. The van der Waals surface area contributed by atoms with Gasteiger partial charge >= 0.3 is 0 Å². The first kappa shape index (κ1) is 14.4. The maximum Gasteiger partial charge on any atom is 0.0939 e. The molecular weight excluding hydrogens is 272 g/mol. The molecule has 2 heterocycles. The van der Waals surface area contributed by atoms with Crippen LogP contribution in [0.3, 0.4) is 0 Å². The van der Waals surface area contributed by atoms with Crippen molar-refractivity contribution in [1.29, 1.82) is 0 Å². The highest BCUT2D eigenvalue weighted by Gasteiger charge is 2.40. The number of halogens is 1. The van der Waals surface area contributed by atoms with E-state index in [1.54, 1.807) is 0 Å². The highest BCUT2D eigenvalue weighted by molar-refractivity contribution is 6.20. The van der Waals surface area contributed by atoms with E-state index in [0.29, 0.717) is 0 Å². The fourth-order valence-electron chi connectivity index (χ4n) is 3.45. The number of ether oxygens (including phenoxy) is 2. The van der Waals surface area contributed by atoms with Crippen molar-refractivity contribution in [2.24, 2.45) is 5.92 Å². The molecule has 0 bridgehead atoms. The molecule has 3 atom stereocenters. The van der Waals surface area contributed by atoms with Gasteiger partial charge in [0.05, 0.1) is 17.6 Å². The van der Waals surface area contributed by atoms with E-state index >= 15 is 0 Å². The van der Waals surface area contributed by atoms with Gasteiger partial charge < -0.3 is 9.47 Å². The zero-order valence-electron chi connectivity index (χ0n) is 11.9. The molecule has 1 aromatic rings. The largest absolute Gasteiger partial charge is 0.378 e. The van der Waals surface area contributed by atoms with Crippen molar-refractivity contribution in [3.63, 3.8) is 0 Å². The van der Waals surface area contributed by atoms with Crippen LogP contribution in [-0.4, -0.2) is 25.4 Å². The third-order valence-corrected chi connectivity index (χ3v) is 5.12. The van der Waals surface area contributed by atoms with Crippen LogP contribution in [0.15, 0.2) is 30.3 Å². The Bertz CT molecular complexity index is 414. The number of hydrogen-bond acceptors (Lipinski definition) is 2. The van der Waals surface area contributed by atoms with Crippen LogP contribution < -0.4 is 0 Å². The lowest BCUT2D eigenvalue weighted by atomic mass is 9.82. The summed E-state index contributed by atoms with van der Waals surface area (Å²) in [5, 5.41) is 0.134. The van der Waals surface area contributed by atoms with Crippen molar-refractivity contribution < 1.29 is 9.47 Å². The molecular formula is C17H23ClO2. The average molecular weight is 295 g/mol. The molecule has 1 aromatic carbocycles. The minimum Gasteiger partial charge on any atom is -0.378 e. The molecule has 20 heavy (non-hydrogen) atoms. The fraction of sp³-hybridized carbons (Fsp3) is 0.647. The second-order valence-corrected chi connectivity index (χ2v) is 6.68. The summed E-state index contributed by atoms with van der Waals surface area (Å²) in [4.78, 5) is 0. The molecule has 0 aliphatic carbocycles. The van der Waals surface area contributed by atoms with Crippen molar-refractivity contribution >= 4 is 11.6 Å². The molecule has 3 rings (SSSR count). The maximum atomic E-state index is 6.52. The minimum absolute atomic E-state index is 0.0253. The van der Waals surface area contributed by atoms with E-state index in [2.05, 4.69) is 24.3 Å². The van der Waals surface area contributed by atoms with Crippen LogP contribution in [0.25, 0.3) is 0 Å². The lowest BCUT2D eigenvalue weighted by Gasteiger charge is -2.37. The van der Waals surface area contributed by atoms with Crippen molar-refractivity contribution in [3.05, 3.63) is 35.9 Å². The summed E-state index contributed by atoms with van der Waals surface area (Å²) in [5.74, 6) is 0.732. The normalized spacial score (nSPS) is 31.6. The van der Waals surface area contributed by atoms with Crippen molar-refractivity contribution in [3.8, 4) is 0 Å². The molecule has 110 valence electrons. The standard InChI is InChI=1S/C17H23ClO2/c18-16(15-4-2-1-3-5-15)7-6-14-8-10-20-17(12-14)9-11-19-13-17/h1-5,14,16H,6-13H2. The monoisotopic (exact) mass is 294 g/mol. The summed E-state index contributed by atoms with van der Waals surface area (Å²) in [6, 6.07) is 10.4. The van der Waals surface area contributed by atoms with Crippen LogP contribution in [-0.2, 0) is 9.47 Å². The van der Waals surface area contributed by atoms with Gasteiger partial charge in [0.2, 0.25) is 0 Å². The van der Waals surface area contributed by atoms with Gasteiger partial charge in [0, 0.05) is 19.6 Å². The Labute approximate surface area is 126 Å². The van der Waals surface area contributed by atoms with Gasteiger partial charge in [-0.05, 0) is 37.2 Å². The van der Waals surface area contributed by atoms with E-state index in [4.69, 9.17) is 21.1 Å². The second kappa shape index (κ2) is 6.46. The number of alkyl halides is 1. The van der Waals surface area contributed by atoms with Crippen molar-refractivity contribution in [2.45, 2.75) is 43.1 Å². The van der Waals surface area contributed by atoms with Gasteiger partial charge in [-0.15, -0.1) is 11.6 Å². The Morgan fingerprint density at radius 1 is 1.25 bits per heavy atom. The summed E-state index contributed by atoms with van der Waals surface area (Å²) in [5.41, 5.74) is 1.26. The molecule has 2 nitrogen and oxygen atoms in total. The predicted molar refractivity (Wildman–Crippen MR) is 81.1 cm³/mol. The van der Waals surface area contributed by atoms with E-state index in [-0.39, 0.29) is 11.0 Å². The van der Waals surface area contributed by atoms with E-state index in [9.17, 15) is 0 Å². The molecule has 0 aromatic heterocycles. The molecule has 0 N–H and O–H groups in total. The van der Waals surface area contributed by atoms with Crippen LogP contribution in [0.2, 0.25) is 0 Å². The zero-order valence-corrected chi connectivity index (χ0v) is 12.6. The molecule has 3 unspecified atom stereocenters. The van der Waals surface area contributed by atoms with Gasteiger partial charge in [-0.3, -0.25) is 0 Å². The molecule has 0 saturated carbocycles. The number of hydrogen-bond donors (Lipinski definition) is 0. The second-order valence-electron chi connectivity index (χ2n) is 6.15. The van der Waals surface area contributed by atoms with Crippen LogP contribution in [0.1, 0.15) is 43.0 Å². The molecule has 2 aliphatic rings.